The number of nitrogens with one attached hydrogen (secondary N) is 2. The minimum Gasteiger partial charge on any atom is -0.497 e. The number of H-pyrrole nitrogens is 1. The Labute approximate surface area is 205 Å². The first-order valence-corrected chi connectivity index (χ1v) is 12.1. The van der Waals surface area contributed by atoms with Gasteiger partial charge in [-0.05, 0) is 36.5 Å². The number of benzene rings is 1. The number of anilines is 1. The average molecular weight is 476 g/mol. The van der Waals surface area contributed by atoms with Crippen LogP contribution in [0.5, 0.6) is 5.75 Å². The van der Waals surface area contributed by atoms with E-state index in [2.05, 4.69) is 67.8 Å². The van der Waals surface area contributed by atoms with Crippen LogP contribution in [-0.2, 0) is 6.54 Å². The summed E-state index contributed by atoms with van der Waals surface area (Å²) in [4.78, 5) is 2.33. The van der Waals surface area contributed by atoms with Crippen molar-refractivity contribution in [2.45, 2.75) is 46.2 Å². The molecule has 1 aliphatic heterocycles. The lowest BCUT2D eigenvalue weighted by Crippen LogP contribution is -2.48. The van der Waals surface area contributed by atoms with Gasteiger partial charge in [-0.1, -0.05) is 26.0 Å². The molecule has 0 bridgehead atoms. The highest BCUT2D eigenvalue weighted by Crippen LogP contribution is 2.30. The summed E-state index contributed by atoms with van der Waals surface area (Å²) in [7, 11) is 1.65. The quantitative estimate of drug-likeness (QED) is 0.419. The molecule has 0 spiro atoms. The van der Waals surface area contributed by atoms with Crippen LogP contribution in [0.3, 0.4) is 0 Å². The third kappa shape index (κ3) is 5.43. The molecule has 184 valence electrons. The summed E-state index contributed by atoms with van der Waals surface area (Å²) in [6.45, 7) is 10.3. The molecule has 10 nitrogen and oxygen atoms in total. The highest BCUT2D eigenvalue weighted by atomic mass is 16.5. The average Bonchev–Trinajstić information content (AvgIpc) is 3.52. The van der Waals surface area contributed by atoms with Crippen molar-refractivity contribution < 1.29 is 4.74 Å². The second-order valence-corrected chi connectivity index (χ2v) is 10.4. The molecule has 4 heterocycles. The van der Waals surface area contributed by atoms with Gasteiger partial charge in [-0.25, -0.2) is 4.68 Å². The van der Waals surface area contributed by atoms with Crippen LogP contribution < -0.4 is 15.0 Å². The van der Waals surface area contributed by atoms with Gasteiger partial charge in [-0.2, -0.15) is 10.2 Å². The lowest BCUT2D eigenvalue weighted by atomic mass is 9.95. The fraction of sp³-hybridized carbons (Fsp3) is 0.480. The third-order valence-corrected chi connectivity index (χ3v) is 6.28. The summed E-state index contributed by atoms with van der Waals surface area (Å²) in [5, 5.41) is 29.5. The Morgan fingerprint density at radius 1 is 1.17 bits per heavy atom. The standard InChI is InChI=1S/C25H33N9O/c1-25(2,3)16-26-17-6-5-9-33(13-17)24-8-7-18(28-31-24)14-34-15-23(30-32-34)20-10-19(35-4)11-22-21(20)12-27-29-22/h7-8,10-12,15,17,26H,5-6,9,13-14,16H2,1-4H3,(H,27,29)/t17-/m1/s1. The molecule has 1 fully saturated rings. The minimum atomic E-state index is 0.280. The van der Waals surface area contributed by atoms with Crippen molar-refractivity contribution in [3.05, 3.63) is 42.4 Å². The fourth-order valence-electron chi connectivity index (χ4n) is 4.43. The van der Waals surface area contributed by atoms with Crippen molar-refractivity contribution in [2.24, 2.45) is 5.41 Å². The first kappa shape index (κ1) is 23.2. The summed E-state index contributed by atoms with van der Waals surface area (Å²) in [5.74, 6) is 1.66. The van der Waals surface area contributed by atoms with Crippen molar-refractivity contribution in [1.29, 1.82) is 0 Å². The van der Waals surface area contributed by atoms with Crippen LogP contribution in [0.15, 0.2) is 36.7 Å². The van der Waals surface area contributed by atoms with Crippen LogP contribution in [0, 0.1) is 5.41 Å². The van der Waals surface area contributed by atoms with Gasteiger partial charge in [0.05, 0.1) is 37.3 Å². The number of rotatable bonds is 7. The minimum absolute atomic E-state index is 0.280. The van der Waals surface area contributed by atoms with E-state index in [-0.39, 0.29) is 5.41 Å². The highest BCUT2D eigenvalue weighted by molar-refractivity contribution is 5.94. The Kier molecular flexibility index (Phi) is 6.38. The van der Waals surface area contributed by atoms with E-state index in [0.29, 0.717) is 12.6 Å². The van der Waals surface area contributed by atoms with Gasteiger partial charge in [0.25, 0.3) is 0 Å². The van der Waals surface area contributed by atoms with Crippen molar-refractivity contribution in [2.75, 3.05) is 31.6 Å². The molecule has 1 aliphatic rings. The number of nitrogens with zero attached hydrogens (tertiary/aromatic N) is 7. The molecule has 0 radical (unpaired) electrons. The largest absolute Gasteiger partial charge is 0.497 e. The third-order valence-electron chi connectivity index (χ3n) is 6.28. The normalized spacial score (nSPS) is 16.7. The molecule has 0 amide bonds. The zero-order valence-corrected chi connectivity index (χ0v) is 20.8. The molecule has 10 heteroatoms. The second kappa shape index (κ2) is 9.61. The van der Waals surface area contributed by atoms with Gasteiger partial charge in [-0.15, -0.1) is 10.2 Å². The predicted octanol–water partition coefficient (Wildman–Crippen LogP) is 3.27. The molecule has 35 heavy (non-hydrogen) atoms. The Hall–Kier alpha value is -3.53. The SMILES string of the molecule is COc1cc(-c2cn(Cc3ccc(N4CCC[C@@H](NCC(C)(C)C)C4)nn3)nn2)c2cn[nH]c2c1. The van der Waals surface area contributed by atoms with Crippen molar-refractivity contribution in [3.8, 4) is 17.0 Å². The Bertz CT molecular complexity index is 1270. The van der Waals surface area contributed by atoms with E-state index in [1.54, 1.807) is 18.0 Å². The topological polar surface area (TPSA) is 110 Å². The number of methoxy groups -OCH3 is 1. The van der Waals surface area contributed by atoms with Crippen LogP contribution in [0.2, 0.25) is 0 Å². The van der Waals surface area contributed by atoms with E-state index in [0.717, 1.165) is 65.5 Å². The van der Waals surface area contributed by atoms with Crippen LogP contribution in [0.25, 0.3) is 22.2 Å². The number of piperidine rings is 1. The lowest BCUT2D eigenvalue weighted by Gasteiger charge is -2.35. The molecule has 1 saturated heterocycles. The highest BCUT2D eigenvalue weighted by Gasteiger charge is 2.22. The van der Waals surface area contributed by atoms with Gasteiger partial charge in [0, 0.05) is 42.7 Å². The molecule has 3 aromatic heterocycles. The van der Waals surface area contributed by atoms with Gasteiger partial charge in [0.2, 0.25) is 0 Å². The zero-order valence-electron chi connectivity index (χ0n) is 20.8. The molecule has 5 rings (SSSR count). The van der Waals surface area contributed by atoms with Crippen molar-refractivity contribution in [1.82, 2.24) is 40.7 Å². The maximum atomic E-state index is 5.42. The van der Waals surface area contributed by atoms with Gasteiger partial charge >= 0.3 is 0 Å². The number of fused-ring (bicyclic) bond motifs is 1. The molecule has 4 aromatic rings. The Morgan fingerprint density at radius 3 is 2.83 bits per heavy atom. The monoisotopic (exact) mass is 475 g/mol. The number of aromatic amines is 1. The molecule has 1 atom stereocenters. The number of hydrogen-bond donors (Lipinski definition) is 2. The smallest absolute Gasteiger partial charge is 0.151 e. The fourth-order valence-corrected chi connectivity index (χ4v) is 4.43. The van der Waals surface area contributed by atoms with Gasteiger partial charge < -0.3 is 15.0 Å². The maximum Gasteiger partial charge on any atom is 0.151 e. The Balaban J connectivity index is 1.25. The molecular weight excluding hydrogens is 442 g/mol. The number of aromatic nitrogens is 7. The molecule has 0 saturated carbocycles. The first-order chi connectivity index (χ1) is 16.9. The van der Waals surface area contributed by atoms with E-state index in [1.807, 2.05) is 24.4 Å². The van der Waals surface area contributed by atoms with Gasteiger partial charge in [0.1, 0.15) is 11.4 Å². The predicted molar refractivity (Wildman–Crippen MR) is 135 cm³/mol. The van der Waals surface area contributed by atoms with E-state index >= 15 is 0 Å². The first-order valence-electron chi connectivity index (χ1n) is 12.1. The van der Waals surface area contributed by atoms with E-state index in [4.69, 9.17) is 4.74 Å². The van der Waals surface area contributed by atoms with Crippen molar-refractivity contribution in [3.63, 3.8) is 0 Å². The van der Waals surface area contributed by atoms with Crippen molar-refractivity contribution >= 4 is 16.7 Å². The second-order valence-electron chi connectivity index (χ2n) is 10.4. The van der Waals surface area contributed by atoms with Gasteiger partial charge in [-0.3, -0.25) is 5.10 Å². The van der Waals surface area contributed by atoms with E-state index < -0.39 is 0 Å². The van der Waals surface area contributed by atoms with Crippen LogP contribution in [-0.4, -0.2) is 68.2 Å². The summed E-state index contributed by atoms with van der Waals surface area (Å²) >= 11 is 0. The molecule has 0 aliphatic carbocycles. The summed E-state index contributed by atoms with van der Waals surface area (Å²) < 4.78 is 7.20. The summed E-state index contributed by atoms with van der Waals surface area (Å²) in [5.41, 5.74) is 3.68. The molecule has 0 unspecified atom stereocenters. The summed E-state index contributed by atoms with van der Waals surface area (Å²) in [6.07, 6.45) is 6.05. The van der Waals surface area contributed by atoms with E-state index in [9.17, 15) is 0 Å². The molecular formula is C25H33N9O. The molecule has 2 N–H and O–H groups in total. The van der Waals surface area contributed by atoms with Crippen LogP contribution in [0.1, 0.15) is 39.3 Å². The zero-order chi connectivity index (χ0) is 24.4. The lowest BCUT2D eigenvalue weighted by molar-refractivity contribution is 0.328. The Morgan fingerprint density at radius 2 is 2.06 bits per heavy atom. The number of ether oxygens (including phenoxy) is 1. The summed E-state index contributed by atoms with van der Waals surface area (Å²) in [6, 6.07) is 8.43. The van der Waals surface area contributed by atoms with Crippen LogP contribution in [0.4, 0.5) is 5.82 Å². The maximum absolute atomic E-state index is 5.42. The molecule has 1 aromatic carbocycles. The van der Waals surface area contributed by atoms with E-state index in [1.165, 1.54) is 6.42 Å². The number of hydrogen-bond acceptors (Lipinski definition) is 8. The van der Waals surface area contributed by atoms with Crippen LogP contribution >= 0.6 is 0 Å². The van der Waals surface area contributed by atoms with Gasteiger partial charge in [0.15, 0.2) is 5.82 Å².